The van der Waals surface area contributed by atoms with E-state index in [9.17, 15) is 4.79 Å². The van der Waals surface area contributed by atoms with E-state index in [4.69, 9.17) is 0 Å². The zero-order valence-electron chi connectivity index (χ0n) is 11.8. The van der Waals surface area contributed by atoms with Crippen LogP contribution in [0.25, 0.3) is 10.2 Å². The third-order valence-corrected chi connectivity index (χ3v) is 4.99. The molecule has 0 fully saturated rings. The minimum atomic E-state index is -0.138. The van der Waals surface area contributed by atoms with Gasteiger partial charge in [-0.1, -0.05) is 60.0 Å². The molecular formula is C15H19BrN2OS. The van der Waals surface area contributed by atoms with Crippen molar-refractivity contribution in [3.63, 3.8) is 0 Å². The zero-order valence-corrected chi connectivity index (χ0v) is 14.2. The number of alkyl halides is 1. The number of hydrogen-bond donors (Lipinski definition) is 1. The number of rotatable bonds is 6. The molecule has 5 heteroatoms. The summed E-state index contributed by atoms with van der Waals surface area (Å²) < 4.78 is 1.12. The number of thiazole rings is 1. The fourth-order valence-electron chi connectivity index (χ4n) is 1.94. The summed E-state index contributed by atoms with van der Waals surface area (Å²) in [6.07, 6.45) is 4.00. The summed E-state index contributed by atoms with van der Waals surface area (Å²) in [6.45, 7) is 4.25. The third-order valence-electron chi connectivity index (χ3n) is 3.19. The van der Waals surface area contributed by atoms with Crippen LogP contribution in [0.5, 0.6) is 0 Å². The summed E-state index contributed by atoms with van der Waals surface area (Å²) in [5.41, 5.74) is 2.24. The summed E-state index contributed by atoms with van der Waals surface area (Å²) in [5, 5.41) is 3.58. The highest BCUT2D eigenvalue weighted by atomic mass is 79.9. The van der Waals surface area contributed by atoms with Crippen LogP contribution in [0.1, 0.15) is 38.7 Å². The van der Waals surface area contributed by atoms with Gasteiger partial charge in [0.05, 0.1) is 15.0 Å². The Kier molecular flexibility index (Phi) is 5.54. The zero-order chi connectivity index (χ0) is 14.5. The predicted octanol–water partition coefficient (Wildman–Crippen LogP) is 4.75. The number of anilines is 1. The second-order valence-corrected chi connectivity index (χ2v) is 6.91. The van der Waals surface area contributed by atoms with E-state index in [0.29, 0.717) is 5.13 Å². The van der Waals surface area contributed by atoms with Crippen molar-refractivity contribution in [1.82, 2.24) is 4.98 Å². The Labute approximate surface area is 131 Å². The number of aryl methyl sites for hydroxylation is 1. The summed E-state index contributed by atoms with van der Waals surface area (Å²) in [5.74, 6) is -0.00628. The first-order valence-electron chi connectivity index (χ1n) is 6.98. The van der Waals surface area contributed by atoms with Gasteiger partial charge in [0.2, 0.25) is 5.91 Å². The highest BCUT2D eigenvalue weighted by Gasteiger charge is 2.16. The Bertz CT molecular complexity index is 597. The molecule has 20 heavy (non-hydrogen) atoms. The molecular weight excluding hydrogens is 336 g/mol. The molecule has 0 unspecified atom stereocenters. The van der Waals surface area contributed by atoms with Gasteiger partial charge in [-0.2, -0.15) is 0 Å². The van der Waals surface area contributed by atoms with Gasteiger partial charge in [0.25, 0.3) is 0 Å². The molecule has 0 aliphatic carbocycles. The Balaban J connectivity index is 2.07. The van der Waals surface area contributed by atoms with Gasteiger partial charge in [-0.15, -0.1) is 0 Å². The van der Waals surface area contributed by atoms with Crippen LogP contribution in [0.4, 0.5) is 5.13 Å². The Morgan fingerprint density at radius 2 is 2.25 bits per heavy atom. The summed E-state index contributed by atoms with van der Waals surface area (Å²) >= 11 is 4.97. The molecule has 1 aromatic carbocycles. The number of nitrogens with one attached hydrogen (secondary N) is 1. The maximum absolute atomic E-state index is 12.0. The number of carbonyl (C=O) groups excluding carboxylic acids is 1. The van der Waals surface area contributed by atoms with Gasteiger partial charge in [-0.05, 0) is 30.5 Å². The second kappa shape index (κ2) is 7.18. The number of hydrogen-bond acceptors (Lipinski definition) is 3. The third kappa shape index (κ3) is 3.79. The van der Waals surface area contributed by atoms with Gasteiger partial charge in [0.15, 0.2) is 5.13 Å². The van der Waals surface area contributed by atoms with E-state index in [0.717, 1.165) is 35.9 Å². The highest BCUT2D eigenvalue weighted by Crippen LogP contribution is 2.27. The number of nitrogens with zero attached hydrogens (tertiary/aromatic N) is 1. The van der Waals surface area contributed by atoms with E-state index in [1.807, 2.05) is 6.07 Å². The van der Waals surface area contributed by atoms with E-state index < -0.39 is 0 Å². The van der Waals surface area contributed by atoms with E-state index in [-0.39, 0.29) is 10.7 Å². The minimum Gasteiger partial charge on any atom is -0.301 e. The molecule has 0 saturated heterocycles. The van der Waals surface area contributed by atoms with Gasteiger partial charge in [0.1, 0.15) is 0 Å². The van der Waals surface area contributed by atoms with Gasteiger partial charge < -0.3 is 5.32 Å². The Morgan fingerprint density at radius 3 is 2.95 bits per heavy atom. The first-order chi connectivity index (χ1) is 9.63. The van der Waals surface area contributed by atoms with Crippen molar-refractivity contribution in [2.75, 3.05) is 5.32 Å². The van der Waals surface area contributed by atoms with Crippen molar-refractivity contribution in [3.05, 3.63) is 23.8 Å². The van der Waals surface area contributed by atoms with Crippen molar-refractivity contribution in [2.45, 2.75) is 44.4 Å². The molecule has 0 saturated carbocycles. The van der Waals surface area contributed by atoms with Crippen LogP contribution in [0.3, 0.4) is 0 Å². The molecule has 0 aliphatic rings. The summed E-state index contributed by atoms with van der Waals surface area (Å²) in [6, 6.07) is 6.25. The fraction of sp³-hybridized carbons (Fsp3) is 0.467. The van der Waals surface area contributed by atoms with Crippen molar-refractivity contribution in [1.29, 1.82) is 0 Å². The van der Waals surface area contributed by atoms with E-state index in [2.05, 4.69) is 52.2 Å². The molecule has 108 valence electrons. The quantitative estimate of drug-likeness (QED) is 0.760. The van der Waals surface area contributed by atoms with Crippen LogP contribution in [0, 0.1) is 0 Å². The maximum Gasteiger partial charge on any atom is 0.239 e. The molecule has 1 amide bonds. The number of unbranched alkanes of at least 4 members (excludes halogenated alkanes) is 1. The van der Waals surface area contributed by atoms with Crippen molar-refractivity contribution < 1.29 is 4.79 Å². The maximum atomic E-state index is 12.0. The van der Waals surface area contributed by atoms with Crippen LogP contribution in [-0.2, 0) is 11.2 Å². The summed E-state index contributed by atoms with van der Waals surface area (Å²) in [4.78, 5) is 16.3. The molecule has 3 nitrogen and oxygen atoms in total. The van der Waals surface area contributed by atoms with E-state index in [1.165, 1.54) is 16.9 Å². The molecule has 0 bridgehead atoms. The monoisotopic (exact) mass is 354 g/mol. The Hall–Kier alpha value is -0.940. The van der Waals surface area contributed by atoms with Crippen molar-refractivity contribution >= 4 is 48.5 Å². The van der Waals surface area contributed by atoms with Crippen LogP contribution >= 0.6 is 27.3 Å². The van der Waals surface area contributed by atoms with Gasteiger partial charge in [0, 0.05) is 0 Å². The van der Waals surface area contributed by atoms with Crippen molar-refractivity contribution in [3.8, 4) is 0 Å². The van der Waals surface area contributed by atoms with Crippen LogP contribution in [-0.4, -0.2) is 15.7 Å². The molecule has 1 N–H and O–H groups in total. The van der Waals surface area contributed by atoms with Crippen LogP contribution < -0.4 is 5.32 Å². The Morgan fingerprint density at radius 1 is 1.45 bits per heavy atom. The van der Waals surface area contributed by atoms with Gasteiger partial charge >= 0.3 is 0 Å². The molecule has 2 rings (SSSR count). The lowest BCUT2D eigenvalue weighted by molar-refractivity contribution is -0.115. The number of halogens is 1. The molecule has 1 aromatic heterocycles. The number of benzene rings is 1. The largest absolute Gasteiger partial charge is 0.301 e. The predicted molar refractivity (Wildman–Crippen MR) is 89.9 cm³/mol. The lowest BCUT2D eigenvalue weighted by Crippen LogP contribution is -2.22. The molecule has 1 heterocycles. The average Bonchev–Trinajstić information content (AvgIpc) is 2.85. The lowest BCUT2D eigenvalue weighted by atomic mass is 10.2. The SMILES string of the molecule is CCCC[C@H](Br)C(=O)Nc1nc2ccc(CC)cc2s1. The normalized spacial score (nSPS) is 12.6. The molecule has 2 aromatic rings. The van der Waals surface area contributed by atoms with Gasteiger partial charge in [-0.3, -0.25) is 4.79 Å². The van der Waals surface area contributed by atoms with E-state index in [1.54, 1.807) is 0 Å². The number of amides is 1. The van der Waals surface area contributed by atoms with E-state index >= 15 is 0 Å². The van der Waals surface area contributed by atoms with Crippen molar-refractivity contribution in [2.24, 2.45) is 0 Å². The number of aromatic nitrogens is 1. The topological polar surface area (TPSA) is 42.0 Å². The first kappa shape index (κ1) is 15.4. The number of fused-ring (bicyclic) bond motifs is 1. The number of carbonyl (C=O) groups is 1. The molecule has 0 spiro atoms. The molecule has 0 aliphatic heterocycles. The fourth-order valence-corrected chi connectivity index (χ4v) is 3.31. The standard InChI is InChI=1S/C15H19BrN2OS/c1-3-5-6-11(16)14(19)18-15-17-12-8-7-10(4-2)9-13(12)20-15/h7-9,11H,3-6H2,1-2H3,(H,17,18,19)/t11-/m0/s1. The summed E-state index contributed by atoms with van der Waals surface area (Å²) in [7, 11) is 0. The smallest absolute Gasteiger partial charge is 0.239 e. The second-order valence-electron chi connectivity index (χ2n) is 4.77. The average molecular weight is 355 g/mol. The molecule has 1 atom stereocenters. The van der Waals surface area contributed by atoms with Gasteiger partial charge in [-0.25, -0.2) is 4.98 Å². The van der Waals surface area contributed by atoms with Crippen LogP contribution in [0.2, 0.25) is 0 Å². The minimum absolute atomic E-state index is 0.00628. The first-order valence-corrected chi connectivity index (χ1v) is 8.71. The van der Waals surface area contributed by atoms with Crippen LogP contribution in [0.15, 0.2) is 18.2 Å². The molecule has 0 radical (unpaired) electrons. The highest BCUT2D eigenvalue weighted by molar-refractivity contribution is 9.10. The lowest BCUT2D eigenvalue weighted by Gasteiger charge is -2.07.